The summed E-state index contributed by atoms with van der Waals surface area (Å²) < 4.78 is 22.3. The van der Waals surface area contributed by atoms with E-state index >= 15 is 0 Å². The first kappa shape index (κ1) is 17.4. The van der Waals surface area contributed by atoms with E-state index in [1.807, 2.05) is 0 Å². The number of hydrogen-bond acceptors (Lipinski definition) is 5. The predicted octanol–water partition coefficient (Wildman–Crippen LogP) is 0.675. The summed E-state index contributed by atoms with van der Waals surface area (Å²) in [6.07, 6.45) is 2.99. The molecule has 1 aliphatic carbocycles. The molecule has 1 aliphatic rings. The summed E-state index contributed by atoms with van der Waals surface area (Å²) in [6, 6.07) is 1.39. The van der Waals surface area contributed by atoms with Gasteiger partial charge in [0.1, 0.15) is 4.21 Å². The molecule has 2 unspecified atom stereocenters. The summed E-state index contributed by atoms with van der Waals surface area (Å²) in [4.78, 5) is 12.0. The van der Waals surface area contributed by atoms with Crippen molar-refractivity contribution in [3.63, 3.8) is 0 Å². The SMILES string of the molecule is Cl.NCC1CCCC1NC(=O)c1csc(S(N)(=O)=O)c1. The van der Waals surface area contributed by atoms with Crippen LogP contribution in [0.15, 0.2) is 15.7 Å². The fourth-order valence-corrected chi connectivity index (χ4v) is 3.93. The Morgan fingerprint density at radius 2 is 2.15 bits per heavy atom. The van der Waals surface area contributed by atoms with Crippen LogP contribution >= 0.6 is 23.7 Å². The fraction of sp³-hybridized carbons (Fsp3) is 0.545. The minimum atomic E-state index is -3.74. The van der Waals surface area contributed by atoms with Gasteiger partial charge >= 0.3 is 0 Å². The molecule has 0 spiro atoms. The lowest BCUT2D eigenvalue weighted by Crippen LogP contribution is -2.39. The van der Waals surface area contributed by atoms with E-state index in [0.717, 1.165) is 30.6 Å². The quantitative estimate of drug-likeness (QED) is 0.747. The number of rotatable bonds is 4. The van der Waals surface area contributed by atoms with Gasteiger partial charge in [0.05, 0.1) is 5.56 Å². The Morgan fingerprint density at radius 3 is 2.70 bits per heavy atom. The highest BCUT2D eigenvalue weighted by molar-refractivity contribution is 7.91. The second-order valence-corrected chi connectivity index (χ2v) is 7.41. The number of carbonyl (C=O) groups is 1. The van der Waals surface area contributed by atoms with Crippen molar-refractivity contribution in [2.45, 2.75) is 29.5 Å². The summed E-state index contributed by atoms with van der Waals surface area (Å²) in [6.45, 7) is 0.553. The topological polar surface area (TPSA) is 115 Å². The molecule has 0 aromatic carbocycles. The van der Waals surface area contributed by atoms with E-state index in [0.29, 0.717) is 18.0 Å². The first-order valence-corrected chi connectivity index (χ1v) is 8.46. The first-order valence-electron chi connectivity index (χ1n) is 6.04. The monoisotopic (exact) mass is 339 g/mol. The standard InChI is InChI=1S/C11H17N3O3S2.ClH/c12-5-7-2-1-3-9(7)14-11(15)8-4-10(18-6-8)19(13,16)17;/h4,6-7,9H,1-3,5,12H2,(H,14,15)(H2,13,16,17);1H. The van der Waals surface area contributed by atoms with Crippen molar-refractivity contribution in [3.8, 4) is 0 Å². The molecular formula is C11H18ClN3O3S2. The van der Waals surface area contributed by atoms with Crippen LogP contribution in [0.25, 0.3) is 0 Å². The van der Waals surface area contributed by atoms with Gasteiger partial charge in [0.2, 0.25) is 10.0 Å². The molecule has 9 heteroatoms. The third-order valence-electron chi connectivity index (χ3n) is 3.40. The van der Waals surface area contributed by atoms with Crippen molar-refractivity contribution in [1.29, 1.82) is 0 Å². The second-order valence-electron chi connectivity index (χ2n) is 4.71. The number of thiophene rings is 1. The Hall–Kier alpha value is -0.670. The molecule has 1 saturated carbocycles. The van der Waals surface area contributed by atoms with Gasteiger partial charge in [-0.1, -0.05) is 6.42 Å². The molecule has 2 rings (SSSR count). The Labute approximate surface area is 128 Å². The molecule has 6 nitrogen and oxygen atoms in total. The number of carbonyl (C=O) groups excluding carboxylic acids is 1. The van der Waals surface area contributed by atoms with Gasteiger partial charge in [-0.25, -0.2) is 13.6 Å². The average molecular weight is 340 g/mol. The van der Waals surface area contributed by atoms with Gasteiger partial charge in [-0.15, -0.1) is 23.7 Å². The van der Waals surface area contributed by atoms with E-state index < -0.39 is 10.0 Å². The zero-order valence-corrected chi connectivity index (χ0v) is 13.2. The third kappa shape index (κ3) is 3.92. The zero-order chi connectivity index (χ0) is 14.0. The van der Waals surface area contributed by atoms with E-state index in [4.69, 9.17) is 10.9 Å². The van der Waals surface area contributed by atoms with Crippen LogP contribution in [0.1, 0.15) is 29.6 Å². The third-order valence-corrected chi connectivity index (χ3v) is 5.78. The smallest absolute Gasteiger partial charge is 0.252 e. The van der Waals surface area contributed by atoms with Crippen molar-refractivity contribution in [2.24, 2.45) is 16.8 Å². The highest BCUT2D eigenvalue weighted by atomic mass is 35.5. The van der Waals surface area contributed by atoms with Crippen molar-refractivity contribution < 1.29 is 13.2 Å². The van der Waals surface area contributed by atoms with E-state index in [1.165, 1.54) is 11.4 Å². The van der Waals surface area contributed by atoms with E-state index in [9.17, 15) is 13.2 Å². The molecule has 2 atom stereocenters. The van der Waals surface area contributed by atoms with Crippen LogP contribution in [0.2, 0.25) is 0 Å². The second kappa shape index (κ2) is 6.86. The van der Waals surface area contributed by atoms with Crippen molar-refractivity contribution in [2.75, 3.05) is 6.54 Å². The molecule has 1 amide bonds. The lowest BCUT2D eigenvalue weighted by Gasteiger charge is -2.18. The van der Waals surface area contributed by atoms with Crippen LogP contribution in [-0.4, -0.2) is 26.9 Å². The Balaban J connectivity index is 0.00000200. The van der Waals surface area contributed by atoms with Crippen LogP contribution in [-0.2, 0) is 10.0 Å². The van der Waals surface area contributed by atoms with Crippen molar-refractivity contribution in [3.05, 3.63) is 17.0 Å². The van der Waals surface area contributed by atoms with Crippen molar-refractivity contribution in [1.82, 2.24) is 5.32 Å². The maximum atomic E-state index is 12.0. The molecular weight excluding hydrogens is 322 g/mol. The average Bonchev–Trinajstić information content (AvgIpc) is 2.95. The van der Waals surface area contributed by atoms with Gasteiger partial charge in [0.25, 0.3) is 5.91 Å². The number of halogens is 1. The molecule has 0 aliphatic heterocycles. The fourth-order valence-electron chi connectivity index (χ4n) is 2.35. The molecule has 20 heavy (non-hydrogen) atoms. The Morgan fingerprint density at radius 1 is 1.45 bits per heavy atom. The van der Waals surface area contributed by atoms with Gasteiger partial charge in [0.15, 0.2) is 0 Å². The minimum absolute atomic E-state index is 0. The molecule has 5 N–H and O–H groups in total. The lowest BCUT2D eigenvalue weighted by molar-refractivity contribution is 0.0929. The largest absolute Gasteiger partial charge is 0.349 e. The van der Waals surface area contributed by atoms with Gasteiger partial charge in [0, 0.05) is 11.4 Å². The Kier molecular flexibility index (Phi) is 5.96. The van der Waals surface area contributed by atoms with Gasteiger partial charge in [-0.3, -0.25) is 4.79 Å². The van der Waals surface area contributed by atoms with E-state index in [2.05, 4.69) is 5.32 Å². The number of nitrogens with one attached hydrogen (secondary N) is 1. The molecule has 1 aromatic heterocycles. The normalized spacial score (nSPS) is 22.3. The highest BCUT2D eigenvalue weighted by Crippen LogP contribution is 2.25. The summed E-state index contributed by atoms with van der Waals surface area (Å²) in [5.41, 5.74) is 5.98. The summed E-state index contributed by atoms with van der Waals surface area (Å²) >= 11 is 0.951. The summed E-state index contributed by atoms with van der Waals surface area (Å²) in [5.74, 6) is 0.0387. The molecule has 114 valence electrons. The molecule has 0 saturated heterocycles. The number of hydrogen-bond donors (Lipinski definition) is 3. The number of sulfonamides is 1. The van der Waals surface area contributed by atoms with Crippen LogP contribution < -0.4 is 16.2 Å². The van der Waals surface area contributed by atoms with Crippen molar-refractivity contribution >= 4 is 39.7 Å². The minimum Gasteiger partial charge on any atom is -0.349 e. The van der Waals surface area contributed by atoms with Crippen LogP contribution in [0.5, 0.6) is 0 Å². The molecule has 0 radical (unpaired) electrons. The molecule has 1 aromatic rings. The molecule has 1 heterocycles. The predicted molar refractivity (Wildman–Crippen MR) is 80.6 cm³/mol. The summed E-state index contributed by atoms with van der Waals surface area (Å²) in [5, 5.41) is 9.43. The maximum absolute atomic E-state index is 12.0. The van der Waals surface area contributed by atoms with Crippen LogP contribution in [0.3, 0.4) is 0 Å². The van der Waals surface area contributed by atoms with E-state index in [1.54, 1.807) is 0 Å². The molecule has 0 bridgehead atoms. The van der Waals surface area contributed by atoms with Gasteiger partial charge in [-0.05, 0) is 31.4 Å². The number of nitrogens with two attached hydrogens (primary N) is 2. The highest BCUT2D eigenvalue weighted by Gasteiger charge is 2.28. The van der Waals surface area contributed by atoms with Gasteiger partial charge in [-0.2, -0.15) is 0 Å². The lowest BCUT2D eigenvalue weighted by atomic mass is 10.0. The first-order chi connectivity index (χ1) is 8.91. The van der Waals surface area contributed by atoms with Gasteiger partial charge < -0.3 is 11.1 Å². The van der Waals surface area contributed by atoms with Crippen LogP contribution in [0, 0.1) is 5.92 Å². The Bertz CT molecular complexity index is 573. The molecule has 1 fully saturated rings. The summed E-state index contributed by atoms with van der Waals surface area (Å²) in [7, 11) is -3.74. The van der Waals surface area contributed by atoms with E-state index in [-0.39, 0.29) is 28.6 Å². The van der Waals surface area contributed by atoms with Crippen LogP contribution in [0.4, 0.5) is 0 Å². The maximum Gasteiger partial charge on any atom is 0.252 e. The zero-order valence-electron chi connectivity index (χ0n) is 10.7. The number of amides is 1. The number of primary sulfonamides is 1.